The summed E-state index contributed by atoms with van der Waals surface area (Å²) in [6.07, 6.45) is 1.84. The molecule has 7 heteroatoms. The van der Waals surface area contributed by atoms with Crippen LogP contribution >= 0.6 is 0 Å². The Morgan fingerprint density at radius 3 is 2.67 bits per heavy atom. The number of hydrogen-bond donors (Lipinski definition) is 2. The van der Waals surface area contributed by atoms with E-state index in [1.54, 1.807) is 44.3 Å². The third-order valence-corrected chi connectivity index (χ3v) is 4.08. The summed E-state index contributed by atoms with van der Waals surface area (Å²) in [6.45, 7) is 3.91. The van der Waals surface area contributed by atoms with E-state index in [1.165, 1.54) is 0 Å². The van der Waals surface area contributed by atoms with Crippen LogP contribution in [0.25, 0.3) is 0 Å². The van der Waals surface area contributed by atoms with Gasteiger partial charge in [-0.05, 0) is 44.2 Å². The second kappa shape index (κ2) is 8.27. The zero-order valence-electron chi connectivity index (χ0n) is 15.2. The molecule has 3 aromatic rings. The molecule has 27 heavy (non-hydrogen) atoms. The molecule has 2 aromatic heterocycles. The third-order valence-electron chi connectivity index (χ3n) is 4.08. The number of hydrogen-bond acceptors (Lipinski definition) is 5. The van der Waals surface area contributed by atoms with Crippen LogP contribution in [0.3, 0.4) is 0 Å². The maximum atomic E-state index is 12.3. The molecule has 0 aliphatic rings. The summed E-state index contributed by atoms with van der Waals surface area (Å²) < 4.78 is 5.07. The molecular formula is C20H20N4O3. The molecule has 0 radical (unpaired) electrons. The fourth-order valence-electron chi connectivity index (χ4n) is 2.63. The van der Waals surface area contributed by atoms with Crippen molar-refractivity contribution >= 4 is 17.5 Å². The lowest BCUT2D eigenvalue weighted by atomic mass is 10.1. The van der Waals surface area contributed by atoms with Gasteiger partial charge in [-0.2, -0.15) is 0 Å². The van der Waals surface area contributed by atoms with Gasteiger partial charge in [0.25, 0.3) is 5.91 Å². The number of anilines is 1. The average Bonchev–Trinajstić information content (AvgIpc) is 2.99. The smallest absolute Gasteiger partial charge is 0.251 e. The highest BCUT2D eigenvalue weighted by molar-refractivity contribution is 5.97. The van der Waals surface area contributed by atoms with Crippen molar-refractivity contribution in [1.29, 1.82) is 0 Å². The molecule has 2 heterocycles. The van der Waals surface area contributed by atoms with Gasteiger partial charge < -0.3 is 15.2 Å². The van der Waals surface area contributed by atoms with Crippen molar-refractivity contribution in [1.82, 2.24) is 15.5 Å². The molecule has 3 rings (SSSR count). The van der Waals surface area contributed by atoms with Crippen LogP contribution in [0.15, 0.2) is 53.2 Å². The van der Waals surface area contributed by atoms with Gasteiger partial charge >= 0.3 is 0 Å². The van der Waals surface area contributed by atoms with Crippen LogP contribution < -0.4 is 10.6 Å². The molecule has 0 aliphatic heterocycles. The lowest BCUT2D eigenvalue weighted by molar-refractivity contribution is -0.115. The maximum absolute atomic E-state index is 12.3. The Balaban J connectivity index is 1.61. The van der Waals surface area contributed by atoms with Crippen LogP contribution in [0.4, 0.5) is 5.69 Å². The van der Waals surface area contributed by atoms with Crippen LogP contribution in [0.2, 0.25) is 0 Å². The summed E-state index contributed by atoms with van der Waals surface area (Å²) in [6, 6.07) is 12.3. The minimum absolute atomic E-state index is 0.164. The van der Waals surface area contributed by atoms with Crippen LogP contribution in [-0.4, -0.2) is 22.0 Å². The van der Waals surface area contributed by atoms with Crippen molar-refractivity contribution in [3.8, 4) is 0 Å². The number of pyridine rings is 1. The van der Waals surface area contributed by atoms with Crippen molar-refractivity contribution in [2.45, 2.75) is 26.8 Å². The zero-order valence-corrected chi connectivity index (χ0v) is 15.2. The number of carbonyl (C=O) groups excluding carboxylic acids is 2. The quantitative estimate of drug-likeness (QED) is 0.701. The van der Waals surface area contributed by atoms with E-state index in [0.29, 0.717) is 29.2 Å². The van der Waals surface area contributed by atoms with Crippen LogP contribution in [-0.2, 0) is 17.8 Å². The Bertz CT molecular complexity index is 931. The summed E-state index contributed by atoms with van der Waals surface area (Å²) in [5.41, 5.74) is 3.26. The summed E-state index contributed by atoms with van der Waals surface area (Å²) in [5, 5.41) is 9.46. The first kappa shape index (κ1) is 18.3. The summed E-state index contributed by atoms with van der Waals surface area (Å²) in [4.78, 5) is 28.8. The SMILES string of the molecule is Cc1noc(C)c1CC(=O)Nc1cccc(C(=O)NCc2ccccn2)c1. The summed E-state index contributed by atoms with van der Waals surface area (Å²) in [5.74, 6) is 0.197. The first-order valence-electron chi connectivity index (χ1n) is 8.52. The van der Waals surface area contributed by atoms with Gasteiger partial charge in [-0.1, -0.05) is 17.3 Å². The number of aryl methyl sites for hydroxylation is 2. The highest BCUT2D eigenvalue weighted by Gasteiger charge is 2.14. The Morgan fingerprint density at radius 2 is 1.96 bits per heavy atom. The van der Waals surface area contributed by atoms with Gasteiger partial charge in [0.2, 0.25) is 5.91 Å². The standard InChI is InChI=1S/C20H20N4O3/c1-13-18(14(2)27-24-13)11-19(25)23-16-8-5-6-15(10-16)20(26)22-12-17-7-3-4-9-21-17/h3-10H,11-12H2,1-2H3,(H,22,26)(H,23,25). The van der Waals surface area contributed by atoms with Crippen molar-refractivity contribution in [3.05, 3.63) is 76.9 Å². The number of nitrogens with zero attached hydrogens (tertiary/aromatic N) is 2. The van der Waals surface area contributed by atoms with Crippen LogP contribution in [0, 0.1) is 13.8 Å². The predicted molar refractivity (Wildman–Crippen MR) is 100 cm³/mol. The van der Waals surface area contributed by atoms with Gasteiger partial charge in [-0.25, -0.2) is 0 Å². The third kappa shape index (κ3) is 4.78. The number of amides is 2. The lowest BCUT2D eigenvalue weighted by Gasteiger charge is -2.08. The monoisotopic (exact) mass is 364 g/mol. The van der Waals surface area contributed by atoms with Crippen molar-refractivity contribution in [2.75, 3.05) is 5.32 Å². The first-order valence-corrected chi connectivity index (χ1v) is 8.52. The van der Waals surface area contributed by atoms with E-state index in [-0.39, 0.29) is 18.2 Å². The molecular weight excluding hydrogens is 344 g/mol. The van der Waals surface area contributed by atoms with Crippen molar-refractivity contribution in [3.63, 3.8) is 0 Å². The van der Waals surface area contributed by atoms with Gasteiger partial charge in [0.05, 0.1) is 24.4 Å². The van der Waals surface area contributed by atoms with E-state index in [4.69, 9.17) is 4.52 Å². The Labute approximate surface area is 156 Å². The van der Waals surface area contributed by atoms with E-state index in [0.717, 1.165) is 11.3 Å². The van der Waals surface area contributed by atoms with Gasteiger partial charge in [-0.15, -0.1) is 0 Å². The summed E-state index contributed by atoms with van der Waals surface area (Å²) >= 11 is 0. The molecule has 7 nitrogen and oxygen atoms in total. The molecule has 138 valence electrons. The molecule has 2 amide bonds. The predicted octanol–water partition coefficient (Wildman–Crippen LogP) is 2.80. The number of benzene rings is 1. The van der Waals surface area contributed by atoms with Crippen LogP contribution in [0.1, 0.15) is 33.1 Å². The molecule has 0 atom stereocenters. The molecule has 0 saturated heterocycles. The molecule has 0 unspecified atom stereocenters. The number of aromatic nitrogens is 2. The van der Waals surface area contributed by atoms with E-state index in [2.05, 4.69) is 20.8 Å². The Kier molecular flexibility index (Phi) is 5.61. The normalized spacial score (nSPS) is 10.4. The van der Waals surface area contributed by atoms with E-state index in [9.17, 15) is 9.59 Å². The minimum Gasteiger partial charge on any atom is -0.361 e. The fraction of sp³-hybridized carbons (Fsp3) is 0.200. The van der Waals surface area contributed by atoms with Gasteiger partial charge in [-0.3, -0.25) is 14.6 Å². The topological polar surface area (TPSA) is 97.1 Å². The molecule has 0 spiro atoms. The first-order chi connectivity index (χ1) is 13.0. The van der Waals surface area contributed by atoms with E-state index < -0.39 is 0 Å². The Hall–Kier alpha value is -3.48. The van der Waals surface area contributed by atoms with E-state index >= 15 is 0 Å². The second-order valence-corrected chi connectivity index (χ2v) is 6.11. The maximum Gasteiger partial charge on any atom is 0.251 e. The lowest BCUT2D eigenvalue weighted by Crippen LogP contribution is -2.23. The molecule has 0 fully saturated rings. The van der Waals surface area contributed by atoms with Gasteiger partial charge in [0.1, 0.15) is 5.76 Å². The summed E-state index contributed by atoms with van der Waals surface area (Å²) in [7, 11) is 0. The van der Waals surface area contributed by atoms with Crippen molar-refractivity contribution in [2.24, 2.45) is 0 Å². The zero-order chi connectivity index (χ0) is 19.2. The second-order valence-electron chi connectivity index (χ2n) is 6.11. The molecule has 1 aromatic carbocycles. The molecule has 0 bridgehead atoms. The largest absolute Gasteiger partial charge is 0.361 e. The number of carbonyl (C=O) groups is 2. The van der Waals surface area contributed by atoms with Gasteiger partial charge in [0.15, 0.2) is 0 Å². The highest BCUT2D eigenvalue weighted by Crippen LogP contribution is 2.15. The molecule has 0 saturated carbocycles. The molecule has 2 N–H and O–H groups in total. The van der Waals surface area contributed by atoms with E-state index in [1.807, 2.05) is 18.2 Å². The fourth-order valence-corrected chi connectivity index (χ4v) is 2.63. The van der Waals surface area contributed by atoms with Crippen LogP contribution in [0.5, 0.6) is 0 Å². The average molecular weight is 364 g/mol. The Morgan fingerprint density at radius 1 is 1.11 bits per heavy atom. The highest BCUT2D eigenvalue weighted by atomic mass is 16.5. The van der Waals surface area contributed by atoms with Crippen molar-refractivity contribution < 1.29 is 14.1 Å². The van der Waals surface area contributed by atoms with Gasteiger partial charge in [0, 0.05) is 23.0 Å². The number of rotatable bonds is 6. The molecule has 0 aliphatic carbocycles. The number of nitrogens with one attached hydrogen (secondary N) is 2. The minimum atomic E-state index is -0.234.